The SMILES string of the molecule is Fc1cc(NCCOc2ccccc2)c(F)cc1Br. The first-order valence-electron chi connectivity index (χ1n) is 5.73. The maximum atomic E-state index is 13.5. The number of hydrogen-bond acceptors (Lipinski definition) is 2. The second-order valence-corrected chi connectivity index (χ2v) is 4.69. The van der Waals surface area contributed by atoms with Gasteiger partial charge in [-0.05, 0) is 34.1 Å². The van der Waals surface area contributed by atoms with E-state index in [0.717, 1.165) is 17.9 Å². The first kappa shape index (κ1) is 13.8. The highest BCUT2D eigenvalue weighted by Gasteiger charge is 2.07. The molecule has 0 saturated heterocycles. The Balaban J connectivity index is 1.85. The van der Waals surface area contributed by atoms with Gasteiger partial charge in [-0.25, -0.2) is 8.78 Å². The number of ether oxygens (including phenoxy) is 1. The Hall–Kier alpha value is -1.62. The number of rotatable bonds is 5. The molecule has 0 fully saturated rings. The standard InChI is InChI=1S/C14H12BrF2NO/c15-11-8-13(17)14(9-12(11)16)18-6-7-19-10-4-2-1-3-5-10/h1-5,8-9,18H,6-7H2. The van der Waals surface area contributed by atoms with E-state index in [1.165, 1.54) is 0 Å². The molecule has 0 aliphatic heterocycles. The number of halogens is 3. The molecule has 2 rings (SSSR count). The topological polar surface area (TPSA) is 21.3 Å². The highest BCUT2D eigenvalue weighted by atomic mass is 79.9. The lowest BCUT2D eigenvalue weighted by Gasteiger charge is -2.10. The van der Waals surface area contributed by atoms with Crippen LogP contribution < -0.4 is 10.1 Å². The second kappa shape index (κ2) is 6.52. The molecule has 19 heavy (non-hydrogen) atoms. The van der Waals surface area contributed by atoms with Crippen LogP contribution in [0.4, 0.5) is 14.5 Å². The monoisotopic (exact) mass is 327 g/mol. The molecule has 0 bridgehead atoms. The van der Waals surface area contributed by atoms with Gasteiger partial charge in [-0.15, -0.1) is 0 Å². The predicted molar refractivity (Wildman–Crippen MR) is 74.5 cm³/mol. The maximum Gasteiger partial charge on any atom is 0.147 e. The van der Waals surface area contributed by atoms with Crippen LogP contribution in [0.25, 0.3) is 0 Å². The van der Waals surface area contributed by atoms with E-state index >= 15 is 0 Å². The molecule has 2 nitrogen and oxygen atoms in total. The third kappa shape index (κ3) is 3.92. The van der Waals surface area contributed by atoms with Crippen molar-refractivity contribution in [2.24, 2.45) is 0 Å². The largest absolute Gasteiger partial charge is 0.492 e. The van der Waals surface area contributed by atoms with Crippen LogP contribution in [0.2, 0.25) is 0 Å². The Kier molecular flexibility index (Phi) is 4.74. The van der Waals surface area contributed by atoms with Crippen LogP contribution >= 0.6 is 15.9 Å². The predicted octanol–water partition coefficient (Wildman–Crippen LogP) is 4.22. The average molecular weight is 328 g/mol. The van der Waals surface area contributed by atoms with E-state index in [1.807, 2.05) is 30.3 Å². The lowest BCUT2D eigenvalue weighted by Crippen LogP contribution is -2.12. The Morgan fingerprint density at radius 1 is 1.05 bits per heavy atom. The molecule has 0 amide bonds. The van der Waals surface area contributed by atoms with E-state index in [4.69, 9.17) is 4.74 Å². The summed E-state index contributed by atoms with van der Waals surface area (Å²) in [7, 11) is 0. The van der Waals surface area contributed by atoms with E-state index in [-0.39, 0.29) is 10.2 Å². The summed E-state index contributed by atoms with van der Waals surface area (Å²) in [6.07, 6.45) is 0. The zero-order valence-corrected chi connectivity index (χ0v) is 11.6. The molecule has 0 aliphatic carbocycles. The highest BCUT2D eigenvalue weighted by Crippen LogP contribution is 2.23. The summed E-state index contributed by atoms with van der Waals surface area (Å²) in [5, 5.41) is 2.79. The van der Waals surface area contributed by atoms with Crippen LogP contribution in [0.1, 0.15) is 0 Å². The van der Waals surface area contributed by atoms with Crippen LogP contribution in [0.15, 0.2) is 46.9 Å². The van der Waals surface area contributed by atoms with Crippen molar-refractivity contribution in [1.29, 1.82) is 0 Å². The van der Waals surface area contributed by atoms with E-state index in [0.29, 0.717) is 13.2 Å². The van der Waals surface area contributed by atoms with Gasteiger partial charge in [0.25, 0.3) is 0 Å². The third-order valence-electron chi connectivity index (χ3n) is 2.44. The Morgan fingerprint density at radius 2 is 1.79 bits per heavy atom. The Morgan fingerprint density at radius 3 is 2.53 bits per heavy atom. The van der Waals surface area contributed by atoms with Crippen molar-refractivity contribution in [3.8, 4) is 5.75 Å². The minimum absolute atomic E-state index is 0.107. The smallest absolute Gasteiger partial charge is 0.147 e. The molecule has 0 spiro atoms. The van der Waals surface area contributed by atoms with Crippen LogP contribution in [0.3, 0.4) is 0 Å². The molecular formula is C14H12BrF2NO. The quantitative estimate of drug-likeness (QED) is 0.655. The fourth-order valence-corrected chi connectivity index (χ4v) is 1.84. The van der Waals surface area contributed by atoms with E-state index in [1.54, 1.807) is 0 Å². The fraction of sp³-hybridized carbons (Fsp3) is 0.143. The third-order valence-corrected chi connectivity index (χ3v) is 3.05. The van der Waals surface area contributed by atoms with Crippen LogP contribution in [0, 0.1) is 11.6 Å². The van der Waals surface area contributed by atoms with Crippen molar-refractivity contribution in [2.45, 2.75) is 0 Å². The summed E-state index contributed by atoms with van der Waals surface area (Å²) in [5.74, 6) is -0.271. The zero-order valence-electron chi connectivity index (χ0n) is 10.00. The number of anilines is 1. The first-order valence-corrected chi connectivity index (χ1v) is 6.52. The van der Waals surface area contributed by atoms with Crippen molar-refractivity contribution in [3.63, 3.8) is 0 Å². The molecule has 0 radical (unpaired) electrons. The van der Waals surface area contributed by atoms with E-state index in [9.17, 15) is 8.78 Å². The summed E-state index contributed by atoms with van der Waals surface area (Å²) in [4.78, 5) is 0. The molecule has 5 heteroatoms. The van der Waals surface area contributed by atoms with Gasteiger partial charge in [0, 0.05) is 12.6 Å². The molecule has 1 N–H and O–H groups in total. The van der Waals surface area contributed by atoms with Gasteiger partial charge in [-0.2, -0.15) is 0 Å². The summed E-state index contributed by atoms with van der Waals surface area (Å²) in [6, 6.07) is 11.5. The van der Waals surface area contributed by atoms with Crippen molar-refractivity contribution in [1.82, 2.24) is 0 Å². The maximum absolute atomic E-state index is 13.5. The molecule has 0 unspecified atom stereocenters. The van der Waals surface area contributed by atoms with Crippen molar-refractivity contribution in [3.05, 3.63) is 58.6 Å². The molecular weight excluding hydrogens is 316 g/mol. The highest BCUT2D eigenvalue weighted by molar-refractivity contribution is 9.10. The van der Waals surface area contributed by atoms with Crippen molar-refractivity contribution >= 4 is 21.6 Å². The van der Waals surface area contributed by atoms with Gasteiger partial charge in [0.1, 0.15) is 24.0 Å². The van der Waals surface area contributed by atoms with Crippen LogP contribution in [0.5, 0.6) is 5.75 Å². The molecule has 2 aromatic carbocycles. The lowest BCUT2D eigenvalue weighted by atomic mass is 10.3. The zero-order chi connectivity index (χ0) is 13.7. The summed E-state index contributed by atoms with van der Waals surface area (Å²) in [5.41, 5.74) is 0.123. The number of nitrogens with one attached hydrogen (secondary N) is 1. The van der Waals surface area contributed by atoms with Gasteiger partial charge in [0.2, 0.25) is 0 Å². The number of para-hydroxylation sites is 1. The van der Waals surface area contributed by atoms with Gasteiger partial charge < -0.3 is 10.1 Å². The van der Waals surface area contributed by atoms with Crippen molar-refractivity contribution < 1.29 is 13.5 Å². The van der Waals surface area contributed by atoms with E-state index in [2.05, 4.69) is 21.2 Å². The molecule has 0 aromatic heterocycles. The number of benzene rings is 2. The molecule has 2 aromatic rings. The molecule has 0 heterocycles. The van der Waals surface area contributed by atoms with Gasteiger partial charge in [0.15, 0.2) is 0 Å². The fourth-order valence-electron chi connectivity index (χ4n) is 1.53. The molecule has 0 atom stereocenters. The van der Waals surface area contributed by atoms with E-state index < -0.39 is 11.6 Å². The Labute approximate surface area is 118 Å². The summed E-state index contributed by atoms with van der Waals surface area (Å²) >= 11 is 2.93. The van der Waals surface area contributed by atoms with Crippen molar-refractivity contribution in [2.75, 3.05) is 18.5 Å². The minimum Gasteiger partial charge on any atom is -0.492 e. The second-order valence-electron chi connectivity index (χ2n) is 3.83. The summed E-state index contributed by atoms with van der Waals surface area (Å²) < 4.78 is 32.3. The van der Waals surface area contributed by atoms with Crippen LogP contribution in [-0.4, -0.2) is 13.2 Å². The molecule has 0 saturated carbocycles. The van der Waals surface area contributed by atoms with Gasteiger partial charge in [0.05, 0.1) is 10.2 Å². The van der Waals surface area contributed by atoms with Gasteiger partial charge >= 0.3 is 0 Å². The summed E-state index contributed by atoms with van der Waals surface area (Å²) in [6.45, 7) is 0.744. The number of hydrogen-bond donors (Lipinski definition) is 1. The molecule has 0 aliphatic rings. The minimum atomic E-state index is -0.507. The normalized spacial score (nSPS) is 10.3. The van der Waals surface area contributed by atoms with Gasteiger partial charge in [-0.1, -0.05) is 18.2 Å². The lowest BCUT2D eigenvalue weighted by molar-refractivity contribution is 0.332. The Bertz CT molecular complexity index is 549. The molecule has 100 valence electrons. The average Bonchev–Trinajstić information content (AvgIpc) is 2.41. The first-order chi connectivity index (χ1) is 9.16. The van der Waals surface area contributed by atoms with Crippen LogP contribution in [-0.2, 0) is 0 Å². The van der Waals surface area contributed by atoms with Gasteiger partial charge in [-0.3, -0.25) is 0 Å².